The molecule has 0 radical (unpaired) electrons. The third-order valence-corrected chi connectivity index (χ3v) is 9.08. The highest BCUT2D eigenvalue weighted by molar-refractivity contribution is 6.06. The Hall–Kier alpha value is -5.61. The van der Waals surface area contributed by atoms with Crippen LogP contribution in [0.3, 0.4) is 0 Å². The van der Waals surface area contributed by atoms with Gasteiger partial charge in [0, 0.05) is 38.8 Å². The predicted octanol–water partition coefficient (Wildman–Crippen LogP) is 11.2. The Bertz CT molecular complexity index is 2360. The number of oxazole rings is 1. The molecular formula is C40H28N2O2. The fourth-order valence-corrected chi connectivity index (χ4v) is 6.88. The van der Waals surface area contributed by atoms with Gasteiger partial charge in [-0.25, -0.2) is 4.98 Å². The Balaban J connectivity index is 1.22. The van der Waals surface area contributed by atoms with Crippen molar-refractivity contribution in [2.24, 2.45) is 0 Å². The summed E-state index contributed by atoms with van der Waals surface area (Å²) in [5.74, 6) is 0.647. The van der Waals surface area contributed by atoms with Crippen LogP contribution in [0.5, 0.6) is 0 Å². The Morgan fingerprint density at radius 2 is 1.20 bits per heavy atom. The van der Waals surface area contributed by atoms with Crippen LogP contribution < -0.4 is 4.90 Å². The van der Waals surface area contributed by atoms with Crippen molar-refractivity contribution in [2.75, 3.05) is 4.90 Å². The van der Waals surface area contributed by atoms with Gasteiger partial charge in [0.25, 0.3) is 0 Å². The summed E-state index contributed by atoms with van der Waals surface area (Å²) in [6.45, 7) is 4.59. The zero-order chi connectivity index (χ0) is 29.4. The Kier molecular flexibility index (Phi) is 5.21. The van der Waals surface area contributed by atoms with Crippen LogP contribution in [0, 0.1) is 0 Å². The molecule has 4 nitrogen and oxygen atoms in total. The molecule has 9 rings (SSSR count). The average molecular weight is 569 g/mol. The lowest BCUT2D eigenvalue weighted by molar-refractivity contribution is 0.614. The van der Waals surface area contributed by atoms with Crippen molar-refractivity contribution in [2.45, 2.75) is 19.3 Å². The minimum atomic E-state index is -0.177. The normalized spacial score (nSPS) is 13.4. The summed E-state index contributed by atoms with van der Waals surface area (Å²) in [5, 5.41) is 2.22. The van der Waals surface area contributed by atoms with E-state index in [2.05, 4.69) is 110 Å². The van der Waals surface area contributed by atoms with E-state index in [1.54, 1.807) is 0 Å². The summed E-state index contributed by atoms with van der Waals surface area (Å²) in [6.07, 6.45) is 0. The zero-order valence-corrected chi connectivity index (χ0v) is 24.4. The van der Waals surface area contributed by atoms with Crippen molar-refractivity contribution in [3.05, 3.63) is 145 Å². The highest BCUT2D eigenvalue weighted by atomic mass is 16.3. The van der Waals surface area contributed by atoms with Gasteiger partial charge in [-0.15, -0.1) is 0 Å². The van der Waals surface area contributed by atoms with Gasteiger partial charge in [0.05, 0.1) is 0 Å². The maximum absolute atomic E-state index is 6.28. The topological polar surface area (TPSA) is 42.4 Å². The number of rotatable bonds is 4. The Morgan fingerprint density at radius 3 is 2.05 bits per heavy atom. The fourth-order valence-electron chi connectivity index (χ4n) is 6.88. The van der Waals surface area contributed by atoms with Crippen LogP contribution in [-0.4, -0.2) is 4.98 Å². The van der Waals surface area contributed by atoms with Gasteiger partial charge in [-0.3, -0.25) is 0 Å². The van der Waals surface area contributed by atoms with Crippen molar-refractivity contribution < 1.29 is 8.83 Å². The van der Waals surface area contributed by atoms with E-state index in [-0.39, 0.29) is 5.41 Å². The van der Waals surface area contributed by atoms with Crippen LogP contribution in [0.4, 0.5) is 17.1 Å². The second kappa shape index (κ2) is 9.19. The Morgan fingerprint density at radius 1 is 0.523 bits per heavy atom. The third-order valence-electron chi connectivity index (χ3n) is 9.08. The van der Waals surface area contributed by atoms with Crippen molar-refractivity contribution in [1.82, 2.24) is 4.98 Å². The number of fused-ring (bicyclic) bond motifs is 7. The van der Waals surface area contributed by atoms with E-state index in [1.165, 1.54) is 22.3 Å². The smallest absolute Gasteiger partial charge is 0.227 e. The summed E-state index contributed by atoms with van der Waals surface area (Å²) in [6, 6.07) is 46.6. The molecule has 0 unspecified atom stereocenters. The van der Waals surface area contributed by atoms with E-state index in [9.17, 15) is 0 Å². The molecule has 0 bridgehead atoms. The lowest BCUT2D eigenvalue weighted by Gasteiger charge is -2.27. The number of para-hydroxylation sites is 2. The van der Waals surface area contributed by atoms with E-state index in [0.717, 1.165) is 55.7 Å². The number of aromatic nitrogens is 1. The molecule has 0 fully saturated rings. The fraction of sp³-hybridized carbons (Fsp3) is 0.0750. The molecule has 0 aliphatic heterocycles. The number of nitrogens with zero attached hydrogens (tertiary/aromatic N) is 2. The van der Waals surface area contributed by atoms with Crippen molar-refractivity contribution in [1.29, 1.82) is 0 Å². The van der Waals surface area contributed by atoms with Gasteiger partial charge in [0.1, 0.15) is 16.7 Å². The molecule has 210 valence electrons. The van der Waals surface area contributed by atoms with E-state index in [1.807, 2.05) is 42.5 Å². The number of benzene rings is 6. The molecule has 44 heavy (non-hydrogen) atoms. The van der Waals surface area contributed by atoms with Crippen LogP contribution in [0.15, 0.2) is 142 Å². The Labute approximate surface area is 254 Å². The van der Waals surface area contributed by atoms with Gasteiger partial charge in [0.2, 0.25) is 5.89 Å². The van der Waals surface area contributed by atoms with E-state index < -0.39 is 0 Å². The van der Waals surface area contributed by atoms with Crippen LogP contribution in [-0.2, 0) is 5.41 Å². The lowest BCUT2D eigenvalue weighted by atomic mass is 9.82. The van der Waals surface area contributed by atoms with E-state index in [0.29, 0.717) is 5.89 Å². The molecule has 0 spiro atoms. The summed E-state index contributed by atoms with van der Waals surface area (Å²) in [4.78, 5) is 7.22. The summed E-state index contributed by atoms with van der Waals surface area (Å²) in [7, 11) is 0. The number of furan rings is 1. The predicted molar refractivity (Wildman–Crippen MR) is 179 cm³/mol. The molecule has 0 atom stereocenters. The second-order valence-electron chi connectivity index (χ2n) is 12.1. The minimum Gasteiger partial charge on any atom is -0.456 e. The number of hydrogen-bond acceptors (Lipinski definition) is 4. The first-order valence-corrected chi connectivity index (χ1v) is 15.0. The molecule has 1 aliphatic rings. The standard InChI is InChI=1S/C40H28N2O2/c1-40(2)33-19-17-27(21-30(33)31-23-35-38(24-34(31)40)44-39(41-35)25-11-5-3-6-12-25)42(26-13-7-4-8-14-26)28-18-20-37-32(22-28)29-15-9-10-16-36(29)43-37/h3-24H,1-2H3. The third kappa shape index (κ3) is 3.67. The molecule has 6 aromatic carbocycles. The van der Waals surface area contributed by atoms with Crippen LogP contribution in [0.1, 0.15) is 25.0 Å². The molecule has 1 aliphatic carbocycles. The lowest BCUT2D eigenvalue weighted by Crippen LogP contribution is -2.15. The second-order valence-corrected chi connectivity index (χ2v) is 12.1. The minimum absolute atomic E-state index is 0.177. The number of hydrogen-bond donors (Lipinski definition) is 0. The van der Waals surface area contributed by atoms with Crippen LogP contribution in [0.25, 0.3) is 55.6 Å². The molecule has 8 aromatic rings. The van der Waals surface area contributed by atoms with Crippen molar-refractivity contribution in [3.8, 4) is 22.6 Å². The first-order valence-electron chi connectivity index (χ1n) is 15.0. The maximum atomic E-state index is 6.28. The largest absolute Gasteiger partial charge is 0.456 e. The molecule has 0 amide bonds. The van der Waals surface area contributed by atoms with Crippen molar-refractivity contribution in [3.63, 3.8) is 0 Å². The van der Waals surface area contributed by atoms with Gasteiger partial charge in [-0.1, -0.05) is 74.5 Å². The molecule has 2 heterocycles. The van der Waals surface area contributed by atoms with Gasteiger partial charge in [-0.05, 0) is 95.1 Å². The average Bonchev–Trinajstić information content (AvgIpc) is 3.71. The highest BCUT2D eigenvalue weighted by Crippen LogP contribution is 2.52. The van der Waals surface area contributed by atoms with E-state index >= 15 is 0 Å². The summed E-state index contributed by atoms with van der Waals surface area (Å²) < 4.78 is 12.4. The molecule has 4 heteroatoms. The van der Waals surface area contributed by atoms with E-state index in [4.69, 9.17) is 13.8 Å². The maximum Gasteiger partial charge on any atom is 0.227 e. The van der Waals surface area contributed by atoms with Crippen LogP contribution in [0.2, 0.25) is 0 Å². The quantitative estimate of drug-likeness (QED) is 0.212. The summed E-state index contributed by atoms with van der Waals surface area (Å²) in [5.41, 5.74) is 12.5. The number of anilines is 3. The monoisotopic (exact) mass is 568 g/mol. The molecular weight excluding hydrogens is 540 g/mol. The van der Waals surface area contributed by atoms with Gasteiger partial charge in [-0.2, -0.15) is 0 Å². The highest BCUT2D eigenvalue weighted by Gasteiger charge is 2.37. The molecule has 2 aromatic heterocycles. The van der Waals surface area contributed by atoms with Crippen molar-refractivity contribution >= 4 is 50.1 Å². The first-order chi connectivity index (χ1) is 21.5. The molecule has 0 N–H and O–H groups in total. The molecule has 0 saturated carbocycles. The zero-order valence-electron chi connectivity index (χ0n) is 24.4. The SMILES string of the molecule is CC1(C)c2ccc(N(c3ccccc3)c3ccc4oc5ccccc5c4c3)cc2-c2cc3nc(-c4ccccc4)oc3cc21. The van der Waals surface area contributed by atoms with Crippen LogP contribution >= 0.6 is 0 Å². The summed E-state index contributed by atoms with van der Waals surface area (Å²) >= 11 is 0. The molecule has 0 saturated heterocycles. The first kappa shape index (κ1) is 24.9. The van der Waals surface area contributed by atoms with Gasteiger partial charge < -0.3 is 13.7 Å². The van der Waals surface area contributed by atoms with Gasteiger partial charge >= 0.3 is 0 Å². The van der Waals surface area contributed by atoms with Gasteiger partial charge in [0.15, 0.2) is 5.58 Å².